The van der Waals surface area contributed by atoms with Gasteiger partial charge in [-0.15, -0.1) is 0 Å². The second-order valence-corrected chi connectivity index (χ2v) is 8.06. The third-order valence-corrected chi connectivity index (χ3v) is 4.62. The molecule has 0 aliphatic carbocycles. The Morgan fingerprint density at radius 1 is 1.00 bits per heavy atom. The van der Waals surface area contributed by atoms with Crippen LogP contribution in [0.25, 0.3) is 22.2 Å². The van der Waals surface area contributed by atoms with Gasteiger partial charge in [0.25, 0.3) is 5.91 Å². The molecule has 2 aromatic carbocycles. The van der Waals surface area contributed by atoms with E-state index in [2.05, 4.69) is 15.6 Å². The fraction of sp³-hybridized carbons (Fsp3) is 0.217. The Labute approximate surface area is 178 Å². The van der Waals surface area contributed by atoms with Crippen LogP contribution in [0.15, 0.2) is 63.6 Å². The number of hydrogen-bond acceptors (Lipinski definition) is 7. The first-order valence-electron chi connectivity index (χ1n) is 9.70. The van der Waals surface area contributed by atoms with E-state index in [4.69, 9.17) is 13.8 Å². The van der Waals surface area contributed by atoms with Gasteiger partial charge in [0.05, 0.1) is 16.6 Å². The van der Waals surface area contributed by atoms with Crippen LogP contribution in [0.2, 0.25) is 0 Å². The number of esters is 1. The molecule has 0 aliphatic rings. The Balaban J connectivity index is 1.42. The number of anilines is 1. The van der Waals surface area contributed by atoms with Gasteiger partial charge in [0.2, 0.25) is 5.88 Å². The molecule has 0 atom stereocenters. The highest BCUT2D eigenvalue weighted by Gasteiger charge is 2.20. The highest BCUT2D eigenvalue weighted by atomic mass is 16.5. The van der Waals surface area contributed by atoms with Crippen molar-refractivity contribution >= 4 is 28.7 Å². The predicted octanol–water partition coefficient (Wildman–Crippen LogP) is 4.58. The molecule has 4 rings (SSSR count). The van der Waals surface area contributed by atoms with Crippen molar-refractivity contribution in [3.63, 3.8) is 0 Å². The second-order valence-electron chi connectivity index (χ2n) is 8.06. The molecular formula is C23H21N3O5. The van der Waals surface area contributed by atoms with Crippen LogP contribution in [0.1, 0.15) is 36.8 Å². The van der Waals surface area contributed by atoms with Gasteiger partial charge in [-0.1, -0.05) is 61.4 Å². The van der Waals surface area contributed by atoms with Crippen LogP contribution in [-0.4, -0.2) is 28.8 Å². The smallest absolute Gasteiger partial charge is 0.338 e. The van der Waals surface area contributed by atoms with E-state index in [0.717, 1.165) is 5.56 Å². The van der Waals surface area contributed by atoms with Crippen LogP contribution in [0.3, 0.4) is 0 Å². The van der Waals surface area contributed by atoms with Gasteiger partial charge in [0, 0.05) is 17.0 Å². The molecule has 0 fully saturated rings. The van der Waals surface area contributed by atoms with Crippen molar-refractivity contribution in [2.24, 2.45) is 0 Å². The van der Waals surface area contributed by atoms with E-state index in [9.17, 15) is 9.59 Å². The third kappa shape index (κ3) is 4.48. The van der Waals surface area contributed by atoms with Gasteiger partial charge in [-0.25, -0.2) is 4.79 Å². The molecule has 1 amide bonds. The van der Waals surface area contributed by atoms with Crippen molar-refractivity contribution < 1.29 is 23.4 Å². The Hall–Kier alpha value is -3.94. The maximum Gasteiger partial charge on any atom is 0.338 e. The number of fused-ring (bicyclic) bond motifs is 1. The van der Waals surface area contributed by atoms with Gasteiger partial charge in [-0.2, -0.15) is 0 Å². The maximum absolute atomic E-state index is 12.5. The molecule has 4 aromatic rings. The standard InChI is InChI=1S/C23H21N3O5/c1-23(2,3)18-12-20(30-26-18)24-19(27)13-29-22(28)15-9-10-17-16(11-15)21(31-25-17)14-7-5-4-6-8-14/h4-12H,13H2,1-3H3,(H,24,27). The van der Waals surface area contributed by atoms with Crippen LogP contribution in [-0.2, 0) is 14.9 Å². The molecule has 0 bridgehead atoms. The first kappa shape index (κ1) is 20.3. The van der Waals surface area contributed by atoms with E-state index >= 15 is 0 Å². The van der Waals surface area contributed by atoms with Crippen LogP contribution < -0.4 is 5.32 Å². The zero-order valence-electron chi connectivity index (χ0n) is 17.3. The van der Waals surface area contributed by atoms with E-state index in [1.54, 1.807) is 24.3 Å². The number of hydrogen-bond donors (Lipinski definition) is 1. The molecule has 158 valence electrons. The lowest BCUT2D eigenvalue weighted by molar-refractivity contribution is -0.119. The van der Waals surface area contributed by atoms with Gasteiger partial charge >= 0.3 is 5.97 Å². The highest BCUT2D eigenvalue weighted by molar-refractivity contribution is 6.00. The number of aromatic nitrogens is 2. The second kappa shape index (κ2) is 8.06. The summed E-state index contributed by atoms with van der Waals surface area (Å²) in [7, 11) is 0. The number of carbonyl (C=O) groups is 2. The minimum atomic E-state index is -0.634. The Morgan fingerprint density at radius 3 is 2.48 bits per heavy atom. The normalized spacial score (nSPS) is 11.5. The summed E-state index contributed by atoms with van der Waals surface area (Å²) in [6.07, 6.45) is 0. The van der Waals surface area contributed by atoms with Gasteiger partial charge < -0.3 is 13.8 Å². The quantitative estimate of drug-likeness (QED) is 0.472. The summed E-state index contributed by atoms with van der Waals surface area (Å²) >= 11 is 0. The maximum atomic E-state index is 12.5. The first-order chi connectivity index (χ1) is 14.8. The van der Waals surface area contributed by atoms with Crippen LogP contribution in [0.4, 0.5) is 5.88 Å². The molecule has 0 saturated heterocycles. The number of nitrogens with zero attached hydrogens (tertiary/aromatic N) is 2. The van der Waals surface area contributed by atoms with Crippen molar-refractivity contribution in [2.75, 3.05) is 11.9 Å². The average Bonchev–Trinajstić information content (AvgIpc) is 3.39. The molecule has 0 saturated carbocycles. The number of ether oxygens (including phenoxy) is 1. The SMILES string of the molecule is CC(C)(C)c1cc(NC(=O)COC(=O)c2ccc3noc(-c4ccccc4)c3c2)on1. The highest BCUT2D eigenvalue weighted by Crippen LogP contribution is 2.29. The summed E-state index contributed by atoms with van der Waals surface area (Å²) in [5, 5.41) is 11.2. The topological polar surface area (TPSA) is 107 Å². The van der Waals surface area contributed by atoms with Crippen LogP contribution in [0.5, 0.6) is 0 Å². The van der Waals surface area contributed by atoms with Gasteiger partial charge in [-0.3, -0.25) is 10.1 Å². The largest absolute Gasteiger partial charge is 0.452 e. The molecule has 0 unspecified atom stereocenters. The summed E-state index contributed by atoms with van der Waals surface area (Å²) in [4.78, 5) is 24.6. The summed E-state index contributed by atoms with van der Waals surface area (Å²) < 4.78 is 15.7. The molecule has 8 heteroatoms. The molecular weight excluding hydrogens is 398 g/mol. The zero-order chi connectivity index (χ0) is 22.0. The van der Waals surface area contributed by atoms with E-state index in [0.29, 0.717) is 22.4 Å². The number of benzene rings is 2. The Bertz CT molecular complexity index is 1240. The van der Waals surface area contributed by atoms with Crippen LogP contribution in [0, 0.1) is 0 Å². The molecule has 2 aromatic heterocycles. The summed E-state index contributed by atoms with van der Waals surface area (Å²) in [5.74, 6) is -0.404. The third-order valence-electron chi connectivity index (χ3n) is 4.62. The van der Waals surface area contributed by atoms with Gasteiger partial charge in [0.15, 0.2) is 12.4 Å². The fourth-order valence-electron chi connectivity index (χ4n) is 2.94. The van der Waals surface area contributed by atoms with Crippen molar-refractivity contribution in [3.8, 4) is 11.3 Å². The predicted molar refractivity (Wildman–Crippen MR) is 114 cm³/mol. The minimum Gasteiger partial charge on any atom is -0.452 e. The van der Waals surface area contributed by atoms with Crippen molar-refractivity contribution in [1.29, 1.82) is 0 Å². The Morgan fingerprint density at radius 2 is 1.77 bits per heavy atom. The van der Waals surface area contributed by atoms with Crippen molar-refractivity contribution in [1.82, 2.24) is 10.3 Å². The lowest BCUT2D eigenvalue weighted by Crippen LogP contribution is -2.20. The number of nitrogens with one attached hydrogen (secondary N) is 1. The Kier molecular flexibility index (Phi) is 5.29. The molecule has 8 nitrogen and oxygen atoms in total. The minimum absolute atomic E-state index is 0.198. The van der Waals surface area contributed by atoms with E-state index < -0.39 is 18.5 Å². The van der Waals surface area contributed by atoms with Gasteiger partial charge in [0.1, 0.15) is 5.52 Å². The monoisotopic (exact) mass is 419 g/mol. The average molecular weight is 419 g/mol. The summed E-state index contributed by atoms with van der Waals surface area (Å²) in [5.41, 5.74) is 2.24. The fourth-order valence-corrected chi connectivity index (χ4v) is 2.94. The summed E-state index contributed by atoms with van der Waals surface area (Å²) in [6.45, 7) is 5.48. The molecule has 0 radical (unpaired) electrons. The number of amides is 1. The van der Waals surface area contributed by atoms with Gasteiger partial charge in [-0.05, 0) is 18.2 Å². The lowest BCUT2D eigenvalue weighted by Gasteiger charge is -2.12. The molecule has 0 spiro atoms. The van der Waals surface area contributed by atoms with Crippen molar-refractivity contribution in [3.05, 3.63) is 65.9 Å². The lowest BCUT2D eigenvalue weighted by atomic mass is 9.92. The summed E-state index contributed by atoms with van der Waals surface area (Å²) in [6, 6.07) is 16.0. The van der Waals surface area contributed by atoms with Crippen LogP contribution >= 0.6 is 0 Å². The molecule has 1 N–H and O–H groups in total. The van der Waals surface area contributed by atoms with E-state index in [-0.39, 0.29) is 16.9 Å². The molecule has 31 heavy (non-hydrogen) atoms. The van der Waals surface area contributed by atoms with E-state index in [1.165, 1.54) is 0 Å². The zero-order valence-corrected chi connectivity index (χ0v) is 17.3. The van der Waals surface area contributed by atoms with E-state index in [1.807, 2.05) is 51.1 Å². The first-order valence-corrected chi connectivity index (χ1v) is 9.70. The number of rotatable bonds is 5. The van der Waals surface area contributed by atoms with Crippen molar-refractivity contribution in [2.45, 2.75) is 26.2 Å². The number of carbonyl (C=O) groups excluding carboxylic acids is 2. The molecule has 0 aliphatic heterocycles. The molecule has 2 heterocycles.